The molecule has 31 heavy (non-hydrogen) atoms. The Kier molecular flexibility index (Phi) is 6.54. The molecule has 1 nitrogen and oxygen atoms in total. The Labute approximate surface area is 192 Å². The third-order valence-electron chi connectivity index (χ3n) is 5.42. The highest BCUT2D eigenvalue weighted by Gasteiger charge is 2.28. The summed E-state index contributed by atoms with van der Waals surface area (Å²) in [6.45, 7) is 12.8. The second-order valence-electron chi connectivity index (χ2n) is 10.1. The molecule has 1 atom stereocenters. The highest BCUT2D eigenvalue weighted by molar-refractivity contribution is 6.30. The first-order chi connectivity index (χ1) is 14.5. The Morgan fingerprint density at radius 1 is 0.742 bits per heavy atom. The predicted octanol–water partition coefficient (Wildman–Crippen LogP) is 7.82. The molecule has 160 valence electrons. The predicted molar refractivity (Wildman–Crippen MR) is 132 cm³/mol. The van der Waals surface area contributed by atoms with Crippen LogP contribution in [0.4, 0.5) is 0 Å². The van der Waals surface area contributed by atoms with Crippen molar-refractivity contribution in [3.05, 3.63) is 99.6 Å². The lowest BCUT2D eigenvalue weighted by Gasteiger charge is -2.29. The first kappa shape index (κ1) is 23.0. The summed E-state index contributed by atoms with van der Waals surface area (Å²) in [5.74, 6) is 7.08. The second-order valence-corrected chi connectivity index (χ2v) is 10.5. The van der Waals surface area contributed by atoms with E-state index in [1.54, 1.807) is 0 Å². The van der Waals surface area contributed by atoms with Crippen LogP contribution in [0, 0.1) is 11.8 Å². The van der Waals surface area contributed by atoms with Gasteiger partial charge in [0.15, 0.2) is 0 Å². The first-order valence-corrected chi connectivity index (χ1v) is 11.0. The largest absolute Gasteiger partial charge is 0.507 e. The lowest BCUT2D eigenvalue weighted by molar-refractivity contribution is 0.422. The number of rotatable bonds is 2. The summed E-state index contributed by atoms with van der Waals surface area (Å²) >= 11 is 6.16. The van der Waals surface area contributed by atoms with E-state index in [2.05, 4.69) is 65.5 Å². The van der Waals surface area contributed by atoms with Crippen LogP contribution in [-0.2, 0) is 10.8 Å². The van der Waals surface area contributed by atoms with Gasteiger partial charge in [-0.05, 0) is 69.5 Å². The standard InChI is InChI=1S/C29H31ClO/c1-28(2,3)25-18-22(19-26(27(25)31)29(4,5)6)24(21-13-15-23(30)16-14-21)17-12-20-10-8-7-9-11-20/h7-11,13-16,18-19,24,31H,1-6H3. The van der Waals surface area contributed by atoms with Gasteiger partial charge >= 0.3 is 0 Å². The van der Waals surface area contributed by atoms with Crippen LogP contribution in [0.3, 0.4) is 0 Å². The molecule has 0 radical (unpaired) electrons. The molecule has 0 aliphatic heterocycles. The van der Waals surface area contributed by atoms with E-state index >= 15 is 0 Å². The van der Waals surface area contributed by atoms with Crippen LogP contribution in [0.2, 0.25) is 5.02 Å². The summed E-state index contributed by atoms with van der Waals surface area (Å²) in [5.41, 5.74) is 4.63. The highest BCUT2D eigenvalue weighted by Crippen LogP contribution is 2.42. The minimum absolute atomic E-state index is 0.139. The van der Waals surface area contributed by atoms with Gasteiger partial charge in [-0.15, -0.1) is 0 Å². The molecular formula is C29H31ClO. The van der Waals surface area contributed by atoms with Gasteiger partial charge in [0.25, 0.3) is 0 Å². The van der Waals surface area contributed by atoms with Crippen LogP contribution in [0.5, 0.6) is 5.75 Å². The SMILES string of the molecule is CC(C)(C)c1cc(C(C#Cc2ccccc2)c2ccc(Cl)cc2)cc(C(C)(C)C)c1O. The molecular weight excluding hydrogens is 400 g/mol. The Morgan fingerprint density at radius 3 is 1.74 bits per heavy atom. The fraction of sp³-hybridized carbons (Fsp3) is 0.310. The van der Waals surface area contributed by atoms with E-state index in [1.165, 1.54) is 0 Å². The maximum atomic E-state index is 11.1. The van der Waals surface area contributed by atoms with Gasteiger partial charge in [0, 0.05) is 10.6 Å². The number of aromatic hydroxyl groups is 1. The normalized spacial score (nSPS) is 12.7. The summed E-state index contributed by atoms with van der Waals surface area (Å²) in [4.78, 5) is 0. The third kappa shape index (κ3) is 5.52. The van der Waals surface area contributed by atoms with E-state index in [4.69, 9.17) is 11.6 Å². The minimum Gasteiger partial charge on any atom is -0.507 e. The Balaban J connectivity index is 2.25. The molecule has 0 bridgehead atoms. The summed E-state index contributed by atoms with van der Waals surface area (Å²) in [5, 5.41) is 11.8. The van der Waals surface area contributed by atoms with E-state index in [0.717, 1.165) is 27.8 Å². The Bertz CT molecular complexity index is 1070. The van der Waals surface area contributed by atoms with E-state index in [-0.39, 0.29) is 16.7 Å². The van der Waals surface area contributed by atoms with E-state index < -0.39 is 0 Å². The van der Waals surface area contributed by atoms with Crippen molar-refractivity contribution in [2.24, 2.45) is 0 Å². The molecule has 3 aromatic carbocycles. The van der Waals surface area contributed by atoms with Gasteiger partial charge in [-0.25, -0.2) is 0 Å². The molecule has 0 spiro atoms. The minimum atomic E-state index is -0.197. The van der Waals surface area contributed by atoms with Crippen LogP contribution < -0.4 is 0 Å². The fourth-order valence-corrected chi connectivity index (χ4v) is 3.78. The molecule has 0 aliphatic carbocycles. The van der Waals surface area contributed by atoms with E-state index in [0.29, 0.717) is 10.8 Å². The maximum Gasteiger partial charge on any atom is 0.123 e. The van der Waals surface area contributed by atoms with Gasteiger partial charge in [0.05, 0.1) is 5.92 Å². The van der Waals surface area contributed by atoms with Gasteiger partial charge < -0.3 is 5.11 Å². The molecule has 2 heteroatoms. The zero-order valence-electron chi connectivity index (χ0n) is 19.3. The maximum absolute atomic E-state index is 11.1. The average molecular weight is 431 g/mol. The summed E-state index contributed by atoms with van der Waals surface area (Å²) in [7, 11) is 0. The lowest BCUT2D eigenvalue weighted by Crippen LogP contribution is -2.18. The number of halogens is 1. The quantitative estimate of drug-likeness (QED) is 0.411. The fourth-order valence-electron chi connectivity index (χ4n) is 3.66. The summed E-state index contributed by atoms with van der Waals surface area (Å²) in [6.07, 6.45) is 0. The van der Waals surface area contributed by atoms with Gasteiger partial charge in [-0.1, -0.05) is 95.3 Å². The number of benzene rings is 3. The smallest absolute Gasteiger partial charge is 0.123 e. The molecule has 0 heterocycles. The van der Waals surface area contributed by atoms with Crippen LogP contribution in [0.1, 0.15) is 75.3 Å². The van der Waals surface area contributed by atoms with Crippen molar-refractivity contribution in [2.45, 2.75) is 58.3 Å². The number of phenolic OH excluding ortho intramolecular Hbond substituents is 1. The highest BCUT2D eigenvalue weighted by atomic mass is 35.5. The molecule has 0 aromatic heterocycles. The molecule has 0 aliphatic rings. The molecule has 0 amide bonds. The number of hydrogen-bond donors (Lipinski definition) is 1. The van der Waals surface area contributed by atoms with Gasteiger partial charge in [0.2, 0.25) is 0 Å². The number of phenols is 1. The number of hydrogen-bond acceptors (Lipinski definition) is 1. The average Bonchev–Trinajstić information content (AvgIpc) is 2.69. The molecule has 3 aromatic rings. The van der Waals surface area contributed by atoms with Crippen molar-refractivity contribution in [3.63, 3.8) is 0 Å². The van der Waals surface area contributed by atoms with Crippen molar-refractivity contribution < 1.29 is 5.11 Å². The molecule has 0 fully saturated rings. The van der Waals surface area contributed by atoms with Gasteiger partial charge in [-0.3, -0.25) is 0 Å². The van der Waals surface area contributed by atoms with E-state index in [9.17, 15) is 5.11 Å². The molecule has 0 saturated heterocycles. The monoisotopic (exact) mass is 430 g/mol. The van der Waals surface area contributed by atoms with Crippen molar-refractivity contribution in [1.82, 2.24) is 0 Å². The molecule has 1 unspecified atom stereocenters. The van der Waals surface area contributed by atoms with Crippen molar-refractivity contribution in [1.29, 1.82) is 0 Å². The zero-order valence-corrected chi connectivity index (χ0v) is 20.0. The topological polar surface area (TPSA) is 20.2 Å². The Hall–Kier alpha value is -2.69. The lowest BCUT2D eigenvalue weighted by atomic mass is 9.76. The van der Waals surface area contributed by atoms with Crippen LogP contribution in [-0.4, -0.2) is 5.11 Å². The first-order valence-electron chi connectivity index (χ1n) is 10.7. The van der Waals surface area contributed by atoms with Crippen molar-refractivity contribution in [3.8, 4) is 17.6 Å². The van der Waals surface area contributed by atoms with Crippen LogP contribution in [0.25, 0.3) is 0 Å². The summed E-state index contributed by atoms with van der Waals surface area (Å²) in [6, 6.07) is 22.1. The third-order valence-corrected chi connectivity index (χ3v) is 5.67. The molecule has 3 rings (SSSR count). The van der Waals surface area contributed by atoms with E-state index in [1.807, 2.05) is 54.6 Å². The van der Waals surface area contributed by atoms with Crippen LogP contribution >= 0.6 is 11.6 Å². The van der Waals surface area contributed by atoms with Gasteiger partial charge in [-0.2, -0.15) is 0 Å². The molecule has 1 N–H and O–H groups in total. The zero-order chi connectivity index (χ0) is 22.8. The van der Waals surface area contributed by atoms with Crippen molar-refractivity contribution >= 4 is 11.6 Å². The summed E-state index contributed by atoms with van der Waals surface area (Å²) < 4.78 is 0. The second kappa shape index (κ2) is 8.81. The Morgan fingerprint density at radius 2 is 1.26 bits per heavy atom. The van der Waals surface area contributed by atoms with Gasteiger partial charge in [0.1, 0.15) is 5.75 Å². The van der Waals surface area contributed by atoms with Crippen LogP contribution in [0.15, 0.2) is 66.7 Å². The molecule has 0 saturated carbocycles. The van der Waals surface area contributed by atoms with Crippen molar-refractivity contribution in [2.75, 3.05) is 0 Å².